The Morgan fingerprint density at radius 1 is 1.55 bits per heavy atom. The van der Waals surface area contributed by atoms with Crippen LogP contribution in [0.1, 0.15) is 0 Å². The van der Waals surface area contributed by atoms with Crippen molar-refractivity contribution in [3.8, 4) is 12.3 Å². The number of carbonyl (C=O) groups excluding carboxylic acids is 2. The summed E-state index contributed by atoms with van der Waals surface area (Å²) in [6, 6.07) is 0. The summed E-state index contributed by atoms with van der Waals surface area (Å²) in [4.78, 5) is 21.9. The van der Waals surface area contributed by atoms with Crippen molar-refractivity contribution >= 4 is 34.5 Å². The fourth-order valence-electron chi connectivity index (χ4n) is 0.412. The fourth-order valence-corrected chi connectivity index (χ4v) is 0.710. The lowest BCUT2D eigenvalue weighted by Crippen LogP contribution is -2.34. The molecule has 2 amide bonds. The SMILES string of the molecule is C#CCN(C(=O)Cl)C(=O)CCl. The molecule has 0 atom stereocenters. The van der Waals surface area contributed by atoms with Gasteiger partial charge in [0.1, 0.15) is 5.88 Å². The molecule has 0 aromatic rings. The van der Waals surface area contributed by atoms with Crippen LogP contribution in [0.2, 0.25) is 0 Å². The van der Waals surface area contributed by atoms with Gasteiger partial charge in [-0.2, -0.15) is 0 Å². The first-order chi connectivity index (χ1) is 5.13. The molecule has 5 heteroatoms. The summed E-state index contributed by atoms with van der Waals surface area (Å²) >= 11 is 10.2. The summed E-state index contributed by atoms with van der Waals surface area (Å²) in [5, 5.41) is -0.909. The predicted molar refractivity (Wildman–Crippen MR) is 42.5 cm³/mol. The molecule has 0 unspecified atom stereocenters. The number of amides is 2. The van der Waals surface area contributed by atoms with Crippen molar-refractivity contribution < 1.29 is 9.59 Å². The third-order valence-electron chi connectivity index (χ3n) is 0.877. The van der Waals surface area contributed by atoms with Crippen LogP contribution in [0.25, 0.3) is 0 Å². The topological polar surface area (TPSA) is 37.4 Å². The number of hydrogen-bond donors (Lipinski definition) is 0. The summed E-state index contributed by atoms with van der Waals surface area (Å²) < 4.78 is 0. The largest absolute Gasteiger partial charge is 0.323 e. The zero-order valence-corrected chi connectivity index (χ0v) is 7.02. The van der Waals surface area contributed by atoms with Crippen LogP contribution < -0.4 is 0 Å². The van der Waals surface area contributed by atoms with Gasteiger partial charge in [0.15, 0.2) is 0 Å². The number of terminal acetylenes is 1. The Morgan fingerprint density at radius 2 is 2.09 bits per heavy atom. The van der Waals surface area contributed by atoms with Gasteiger partial charge in [-0.15, -0.1) is 18.0 Å². The summed E-state index contributed by atoms with van der Waals surface area (Å²) in [6.45, 7) is -0.145. The normalized spacial score (nSPS) is 8.45. The minimum atomic E-state index is -0.909. The average Bonchev–Trinajstić information content (AvgIpc) is 1.98. The number of rotatable bonds is 2. The zero-order chi connectivity index (χ0) is 8.85. The fraction of sp³-hybridized carbons (Fsp3) is 0.333. The van der Waals surface area contributed by atoms with Crippen molar-refractivity contribution in [2.24, 2.45) is 0 Å². The third-order valence-corrected chi connectivity index (χ3v) is 1.31. The average molecular weight is 194 g/mol. The molecule has 11 heavy (non-hydrogen) atoms. The molecule has 0 heterocycles. The Morgan fingerprint density at radius 3 is 2.36 bits per heavy atom. The Hall–Kier alpha value is -0.720. The molecule has 3 nitrogen and oxygen atoms in total. The van der Waals surface area contributed by atoms with Crippen molar-refractivity contribution in [1.29, 1.82) is 0 Å². The van der Waals surface area contributed by atoms with E-state index < -0.39 is 11.3 Å². The molecule has 0 aliphatic rings. The highest BCUT2D eigenvalue weighted by Crippen LogP contribution is 1.97. The first kappa shape index (κ1) is 10.3. The molecule has 60 valence electrons. The second-order valence-corrected chi connectivity index (χ2v) is 2.16. The van der Waals surface area contributed by atoms with Crippen molar-refractivity contribution in [1.82, 2.24) is 4.90 Å². The Bertz CT molecular complexity index is 209. The van der Waals surface area contributed by atoms with E-state index in [1.807, 2.05) is 0 Å². The van der Waals surface area contributed by atoms with Gasteiger partial charge in [0, 0.05) is 0 Å². The monoisotopic (exact) mass is 193 g/mol. The van der Waals surface area contributed by atoms with Gasteiger partial charge < -0.3 is 0 Å². The van der Waals surface area contributed by atoms with Crippen LogP contribution in [-0.2, 0) is 4.79 Å². The van der Waals surface area contributed by atoms with Crippen LogP contribution in [0.5, 0.6) is 0 Å². The highest BCUT2D eigenvalue weighted by atomic mass is 35.5. The molecule has 0 saturated carbocycles. The Balaban J connectivity index is 4.24. The van der Waals surface area contributed by atoms with E-state index in [0.717, 1.165) is 0 Å². The quantitative estimate of drug-likeness (QED) is 0.285. The van der Waals surface area contributed by atoms with Gasteiger partial charge >= 0.3 is 5.37 Å². The maximum Gasteiger partial charge on any atom is 0.323 e. The smallest absolute Gasteiger partial charge is 0.273 e. The number of carbonyl (C=O) groups is 2. The molecule has 0 aromatic heterocycles. The number of hydrogen-bond acceptors (Lipinski definition) is 2. The molecule has 0 saturated heterocycles. The second-order valence-electron chi connectivity index (χ2n) is 1.57. The van der Waals surface area contributed by atoms with Crippen LogP contribution in [0.15, 0.2) is 0 Å². The molecule has 0 rings (SSSR count). The Labute approximate surface area is 74.3 Å². The van der Waals surface area contributed by atoms with Gasteiger partial charge in [-0.3, -0.25) is 14.5 Å². The van der Waals surface area contributed by atoms with E-state index in [0.29, 0.717) is 4.90 Å². The van der Waals surface area contributed by atoms with Gasteiger partial charge in [0.05, 0.1) is 6.54 Å². The van der Waals surface area contributed by atoms with Gasteiger partial charge in [-0.1, -0.05) is 5.92 Å². The van der Waals surface area contributed by atoms with E-state index in [2.05, 4.69) is 5.92 Å². The molecule has 0 radical (unpaired) electrons. The summed E-state index contributed by atoms with van der Waals surface area (Å²) in [7, 11) is 0. The molecule has 0 aliphatic carbocycles. The minimum Gasteiger partial charge on any atom is -0.273 e. The lowest BCUT2D eigenvalue weighted by molar-refractivity contribution is -0.124. The number of nitrogens with zero attached hydrogens (tertiary/aromatic N) is 1. The highest BCUT2D eigenvalue weighted by molar-refractivity contribution is 6.64. The van der Waals surface area contributed by atoms with E-state index >= 15 is 0 Å². The minimum absolute atomic E-state index is 0.145. The molecule has 0 bridgehead atoms. The first-order valence-electron chi connectivity index (χ1n) is 2.62. The van der Waals surface area contributed by atoms with Crippen LogP contribution >= 0.6 is 23.2 Å². The molecule has 0 N–H and O–H groups in total. The lowest BCUT2D eigenvalue weighted by atomic mass is 10.5. The Kier molecular flexibility index (Phi) is 4.67. The molecular weight excluding hydrogens is 189 g/mol. The summed E-state index contributed by atoms with van der Waals surface area (Å²) in [5.74, 6) is 1.21. The summed E-state index contributed by atoms with van der Waals surface area (Å²) in [6.07, 6.45) is 4.86. The lowest BCUT2D eigenvalue weighted by Gasteiger charge is -2.11. The van der Waals surface area contributed by atoms with E-state index in [-0.39, 0.29) is 12.4 Å². The van der Waals surface area contributed by atoms with Crippen molar-refractivity contribution in [3.05, 3.63) is 0 Å². The predicted octanol–water partition coefficient (Wildman–Crippen LogP) is 1.05. The molecule has 0 spiro atoms. The number of alkyl halides is 1. The number of imide groups is 1. The first-order valence-corrected chi connectivity index (χ1v) is 3.54. The molecule has 0 aliphatic heterocycles. The maximum absolute atomic E-state index is 10.7. The van der Waals surface area contributed by atoms with Crippen LogP contribution in [-0.4, -0.2) is 28.6 Å². The highest BCUT2D eigenvalue weighted by Gasteiger charge is 2.16. The van der Waals surface area contributed by atoms with E-state index in [9.17, 15) is 9.59 Å². The maximum atomic E-state index is 10.7. The van der Waals surface area contributed by atoms with Gasteiger partial charge in [0.2, 0.25) is 5.91 Å². The van der Waals surface area contributed by atoms with Gasteiger partial charge in [-0.05, 0) is 11.6 Å². The van der Waals surface area contributed by atoms with E-state index in [1.54, 1.807) is 0 Å². The van der Waals surface area contributed by atoms with Crippen LogP contribution in [0, 0.1) is 12.3 Å². The standard InChI is InChI=1S/C6H5Cl2NO2/c1-2-3-9(6(8)11)5(10)4-7/h1H,3-4H2. The molecule has 0 aromatic carbocycles. The van der Waals surface area contributed by atoms with Crippen LogP contribution in [0.4, 0.5) is 4.79 Å². The number of halogens is 2. The molecular formula is C6H5Cl2NO2. The van der Waals surface area contributed by atoms with Gasteiger partial charge in [0.25, 0.3) is 0 Å². The van der Waals surface area contributed by atoms with Crippen molar-refractivity contribution in [2.75, 3.05) is 12.4 Å². The van der Waals surface area contributed by atoms with Crippen molar-refractivity contribution in [3.63, 3.8) is 0 Å². The van der Waals surface area contributed by atoms with Crippen LogP contribution in [0.3, 0.4) is 0 Å². The van der Waals surface area contributed by atoms with E-state index in [1.165, 1.54) is 0 Å². The zero-order valence-electron chi connectivity index (χ0n) is 5.51. The van der Waals surface area contributed by atoms with E-state index in [4.69, 9.17) is 29.6 Å². The third kappa shape index (κ3) is 3.26. The second kappa shape index (κ2) is 5.00. The molecule has 0 fully saturated rings. The van der Waals surface area contributed by atoms with Crippen molar-refractivity contribution in [2.45, 2.75) is 0 Å². The van der Waals surface area contributed by atoms with Gasteiger partial charge in [-0.25, -0.2) is 0 Å². The summed E-state index contributed by atoms with van der Waals surface area (Å²) in [5.41, 5.74) is 0.